The van der Waals surface area contributed by atoms with E-state index < -0.39 is 0 Å². The summed E-state index contributed by atoms with van der Waals surface area (Å²) in [5, 5.41) is 2.89. The number of fused-ring (bicyclic) bond motifs is 1. The molecule has 0 aliphatic heterocycles. The van der Waals surface area contributed by atoms with Crippen LogP contribution >= 0.6 is 0 Å². The first-order chi connectivity index (χ1) is 13.2. The molecule has 140 valence electrons. The molecule has 2 N–H and O–H groups in total. The highest BCUT2D eigenvalue weighted by molar-refractivity contribution is 5.78. The third-order valence-electron chi connectivity index (χ3n) is 5.42. The SMILES string of the molecule is O=C(NCc1ccccc1F)C1CCC(Cc2nc3ncccc3[nH]2)CC1. The summed E-state index contributed by atoms with van der Waals surface area (Å²) in [6.45, 7) is 0.247. The quantitative estimate of drug-likeness (QED) is 0.722. The van der Waals surface area contributed by atoms with Gasteiger partial charge in [0.25, 0.3) is 0 Å². The lowest BCUT2D eigenvalue weighted by atomic mass is 9.80. The highest BCUT2D eigenvalue weighted by Gasteiger charge is 2.27. The fraction of sp³-hybridized carbons (Fsp3) is 0.381. The van der Waals surface area contributed by atoms with Crippen molar-refractivity contribution >= 4 is 17.1 Å². The number of hydrogen-bond acceptors (Lipinski definition) is 3. The predicted molar refractivity (Wildman–Crippen MR) is 101 cm³/mol. The fourth-order valence-corrected chi connectivity index (χ4v) is 3.86. The van der Waals surface area contributed by atoms with Crippen LogP contribution in [0.25, 0.3) is 11.2 Å². The van der Waals surface area contributed by atoms with E-state index in [0.29, 0.717) is 11.5 Å². The summed E-state index contributed by atoms with van der Waals surface area (Å²) in [4.78, 5) is 24.5. The van der Waals surface area contributed by atoms with Crippen LogP contribution in [0, 0.1) is 17.7 Å². The summed E-state index contributed by atoms with van der Waals surface area (Å²) >= 11 is 0. The van der Waals surface area contributed by atoms with E-state index in [1.54, 1.807) is 24.4 Å². The van der Waals surface area contributed by atoms with Gasteiger partial charge in [0.05, 0.1) is 5.52 Å². The van der Waals surface area contributed by atoms with Crippen molar-refractivity contribution in [3.8, 4) is 0 Å². The van der Waals surface area contributed by atoms with Gasteiger partial charge >= 0.3 is 0 Å². The molecule has 1 amide bonds. The molecule has 0 bridgehead atoms. The molecule has 1 aromatic carbocycles. The lowest BCUT2D eigenvalue weighted by molar-refractivity contribution is -0.126. The van der Waals surface area contributed by atoms with Crippen LogP contribution in [-0.2, 0) is 17.8 Å². The first kappa shape index (κ1) is 17.6. The molecule has 0 radical (unpaired) electrons. The van der Waals surface area contributed by atoms with E-state index in [2.05, 4.69) is 20.3 Å². The first-order valence-corrected chi connectivity index (χ1v) is 9.50. The maximum atomic E-state index is 13.7. The molecule has 0 spiro atoms. The van der Waals surface area contributed by atoms with E-state index >= 15 is 0 Å². The number of H-pyrrole nitrogens is 1. The van der Waals surface area contributed by atoms with Crippen LogP contribution in [0.3, 0.4) is 0 Å². The molecule has 5 nitrogen and oxygen atoms in total. The Morgan fingerprint density at radius 3 is 2.74 bits per heavy atom. The summed E-state index contributed by atoms with van der Waals surface area (Å²) in [5.74, 6) is 1.27. The second kappa shape index (κ2) is 7.86. The molecule has 4 rings (SSSR count). The molecule has 0 saturated heterocycles. The van der Waals surface area contributed by atoms with Gasteiger partial charge in [-0.15, -0.1) is 0 Å². The Kier molecular flexibility index (Phi) is 5.14. The average Bonchev–Trinajstić information content (AvgIpc) is 3.10. The van der Waals surface area contributed by atoms with E-state index in [-0.39, 0.29) is 24.2 Å². The zero-order valence-electron chi connectivity index (χ0n) is 15.1. The van der Waals surface area contributed by atoms with Crippen molar-refractivity contribution < 1.29 is 9.18 Å². The summed E-state index contributed by atoms with van der Waals surface area (Å²) in [6, 6.07) is 10.4. The van der Waals surface area contributed by atoms with Crippen LogP contribution in [0.4, 0.5) is 4.39 Å². The summed E-state index contributed by atoms with van der Waals surface area (Å²) < 4.78 is 13.7. The van der Waals surface area contributed by atoms with E-state index in [1.807, 2.05) is 12.1 Å². The number of pyridine rings is 1. The largest absolute Gasteiger partial charge is 0.352 e. The maximum absolute atomic E-state index is 13.7. The fourth-order valence-electron chi connectivity index (χ4n) is 3.86. The minimum Gasteiger partial charge on any atom is -0.352 e. The Balaban J connectivity index is 1.27. The molecular weight excluding hydrogens is 343 g/mol. The van der Waals surface area contributed by atoms with Crippen molar-refractivity contribution in [3.63, 3.8) is 0 Å². The monoisotopic (exact) mass is 366 g/mol. The summed E-state index contributed by atoms with van der Waals surface area (Å²) in [7, 11) is 0. The number of nitrogens with zero attached hydrogens (tertiary/aromatic N) is 2. The normalized spacial score (nSPS) is 19.9. The Morgan fingerprint density at radius 1 is 1.15 bits per heavy atom. The number of carbonyl (C=O) groups is 1. The van der Waals surface area contributed by atoms with Crippen molar-refractivity contribution in [1.82, 2.24) is 20.3 Å². The van der Waals surface area contributed by atoms with Crippen molar-refractivity contribution in [1.29, 1.82) is 0 Å². The van der Waals surface area contributed by atoms with E-state index in [1.165, 1.54) is 6.07 Å². The number of aromatic nitrogens is 3. The summed E-state index contributed by atoms with van der Waals surface area (Å²) in [5.41, 5.74) is 2.25. The van der Waals surface area contributed by atoms with Gasteiger partial charge in [-0.25, -0.2) is 14.4 Å². The van der Waals surface area contributed by atoms with E-state index in [0.717, 1.165) is 49.1 Å². The first-order valence-electron chi connectivity index (χ1n) is 9.50. The van der Waals surface area contributed by atoms with Gasteiger partial charge < -0.3 is 10.3 Å². The summed E-state index contributed by atoms with van der Waals surface area (Å²) in [6.07, 6.45) is 6.38. The third-order valence-corrected chi connectivity index (χ3v) is 5.42. The van der Waals surface area contributed by atoms with Crippen LogP contribution in [0.2, 0.25) is 0 Å². The highest BCUT2D eigenvalue weighted by atomic mass is 19.1. The lowest BCUT2D eigenvalue weighted by Crippen LogP contribution is -2.33. The zero-order chi connectivity index (χ0) is 18.6. The van der Waals surface area contributed by atoms with Crippen LogP contribution in [0.1, 0.15) is 37.1 Å². The number of carbonyl (C=O) groups excluding carboxylic acids is 1. The van der Waals surface area contributed by atoms with Gasteiger partial charge in [-0.05, 0) is 49.8 Å². The number of halogens is 1. The lowest BCUT2D eigenvalue weighted by Gasteiger charge is -2.27. The molecular formula is C21H23FN4O. The number of amides is 1. The topological polar surface area (TPSA) is 70.7 Å². The number of imidazole rings is 1. The van der Waals surface area contributed by atoms with Crippen molar-refractivity contribution in [2.45, 2.75) is 38.6 Å². The van der Waals surface area contributed by atoms with Crippen molar-refractivity contribution in [3.05, 3.63) is 59.8 Å². The molecule has 3 aromatic rings. The minimum atomic E-state index is -0.276. The smallest absolute Gasteiger partial charge is 0.223 e. The van der Waals surface area contributed by atoms with Gasteiger partial charge in [0.2, 0.25) is 5.91 Å². The molecule has 0 atom stereocenters. The van der Waals surface area contributed by atoms with Crippen LogP contribution in [0.15, 0.2) is 42.6 Å². The number of rotatable bonds is 5. The van der Waals surface area contributed by atoms with Gasteiger partial charge in [-0.3, -0.25) is 4.79 Å². The number of hydrogen-bond donors (Lipinski definition) is 2. The Hall–Kier alpha value is -2.76. The van der Waals surface area contributed by atoms with E-state index in [9.17, 15) is 9.18 Å². The zero-order valence-corrected chi connectivity index (χ0v) is 15.1. The molecule has 1 saturated carbocycles. The molecule has 1 aliphatic carbocycles. The number of benzene rings is 1. The van der Waals surface area contributed by atoms with Crippen LogP contribution in [0.5, 0.6) is 0 Å². The molecule has 1 fully saturated rings. The molecule has 2 heterocycles. The molecule has 1 aliphatic rings. The second-order valence-corrected chi connectivity index (χ2v) is 7.29. The Morgan fingerprint density at radius 2 is 1.96 bits per heavy atom. The minimum absolute atomic E-state index is 0.0189. The highest BCUT2D eigenvalue weighted by Crippen LogP contribution is 2.31. The van der Waals surface area contributed by atoms with Gasteiger partial charge in [0.15, 0.2) is 5.65 Å². The maximum Gasteiger partial charge on any atom is 0.223 e. The molecule has 0 unspecified atom stereocenters. The van der Waals surface area contributed by atoms with Crippen LogP contribution < -0.4 is 5.32 Å². The van der Waals surface area contributed by atoms with Crippen LogP contribution in [-0.4, -0.2) is 20.9 Å². The van der Waals surface area contributed by atoms with Crippen molar-refractivity contribution in [2.75, 3.05) is 0 Å². The van der Waals surface area contributed by atoms with E-state index in [4.69, 9.17) is 0 Å². The molecule has 2 aromatic heterocycles. The standard InChI is InChI=1S/C21H23FN4O/c22-17-5-2-1-4-16(17)13-24-21(27)15-9-7-14(8-10-15)12-19-25-18-6-3-11-23-20(18)26-19/h1-6,11,14-15H,7-10,12-13H2,(H,24,27)(H,23,25,26). The average molecular weight is 366 g/mol. The molecule has 27 heavy (non-hydrogen) atoms. The Labute approximate surface area is 157 Å². The second-order valence-electron chi connectivity index (χ2n) is 7.29. The third kappa shape index (κ3) is 4.15. The van der Waals surface area contributed by atoms with Gasteiger partial charge in [-0.1, -0.05) is 18.2 Å². The Bertz CT molecular complexity index is 898. The van der Waals surface area contributed by atoms with Gasteiger partial charge in [0, 0.05) is 30.6 Å². The molecule has 6 heteroatoms. The predicted octanol–water partition coefficient (Wildman–Crippen LogP) is 3.76. The van der Waals surface area contributed by atoms with Crippen molar-refractivity contribution in [2.24, 2.45) is 11.8 Å². The van der Waals surface area contributed by atoms with Gasteiger partial charge in [-0.2, -0.15) is 0 Å². The number of nitrogens with one attached hydrogen (secondary N) is 2. The van der Waals surface area contributed by atoms with Gasteiger partial charge in [0.1, 0.15) is 11.6 Å². The number of aromatic amines is 1.